The number of carbonyl (C=O) groups is 3. The number of carbonyl (C=O) groups excluding carboxylic acids is 3. The molecule has 6 atom stereocenters. The summed E-state index contributed by atoms with van der Waals surface area (Å²) in [7, 11) is 0. The lowest BCUT2D eigenvalue weighted by atomic mass is 9.70. The molecule has 4 saturated heterocycles. The Morgan fingerprint density at radius 2 is 1.76 bits per heavy atom. The summed E-state index contributed by atoms with van der Waals surface area (Å²) < 4.78 is 4.74. The van der Waals surface area contributed by atoms with Gasteiger partial charge in [0.15, 0.2) is 0 Å². The lowest BCUT2D eigenvalue weighted by Gasteiger charge is -2.37. The second-order valence-electron chi connectivity index (χ2n) is 11.4. The zero-order valence-electron chi connectivity index (χ0n) is 23.1. The van der Waals surface area contributed by atoms with Crippen molar-refractivity contribution in [2.24, 2.45) is 11.8 Å². The van der Waals surface area contributed by atoms with Crippen molar-refractivity contribution in [1.29, 1.82) is 0 Å². The topological polar surface area (TPSA) is 111 Å². The number of anilines is 1. The maximum atomic E-state index is 14.4. The molecule has 2 unspecified atom stereocenters. The van der Waals surface area contributed by atoms with Gasteiger partial charge in [0.2, 0.25) is 17.7 Å². The van der Waals surface area contributed by atoms with Crippen molar-refractivity contribution < 1.29 is 24.2 Å². The number of aliphatic hydroxyl groups excluding tert-OH is 1. The lowest BCUT2D eigenvalue weighted by Crippen LogP contribution is -2.57. The molecule has 1 spiro atoms. The van der Waals surface area contributed by atoms with Gasteiger partial charge < -0.3 is 25.4 Å². The minimum Gasteiger partial charge on any atom is -0.394 e. The van der Waals surface area contributed by atoms with E-state index in [4.69, 9.17) is 4.74 Å². The van der Waals surface area contributed by atoms with Crippen molar-refractivity contribution in [3.8, 4) is 0 Å². The lowest BCUT2D eigenvalue weighted by molar-refractivity contribution is -0.142. The Labute approximate surface area is 245 Å². The highest BCUT2D eigenvalue weighted by Crippen LogP contribution is 2.66. The number of aliphatic hydroxyl groups is 1. The summed E-state index contributed by atoms with van der Waals surface area (Å²) in [6.07, 6.45) is 1.89. The Morgan fingerprint density at radius 1 is 1.05 bits per heavy atom. The van der Waals surface area contributed by atoms with Crippen LogP contribution in [-0.4, -0.2) is 101 Å². The maximum Gasteiger partial charge on any atom is 0.244 e. The molecule has 41 heavy (non-hydrogen) atoms. The van der Waals surface area contributed by atoms with Crippen molar-refractivity contribution in [3.05, 3.63) is 66.2 Å². The molecule has 2 aromatic rings. The number of rotatable bonds is 10. The van der Waals surface area contributed by atoms with Crippen LogP contribution in [0.3, 0.4) is 0 Å². The summed E-state index contributed by atoms with van der Waals surface area (Å²) in [6, 6.07) is 17.7. The number of thioether (sulfide) groups is 1. The smallest absolute Gasteiger partial charge is 0.244 e. The van der Waals surface area contributed by atoms with Gasteiger partial charge in [0.05, 0.1) is 42.4 Å². The monoisotopic (exact) mass is 578 g/mol. The third kappa shape index (κ3) is 5.38. The number of ether oxygens (including phenoxy) is 1. The first-order valence-corrected chi connectivity index (χ1v) is 15.5. The Kier molecular flexibility index (Phi) is 8.35. The van der Waals surface area contributed by atoms with Gasteiger partial charge in [0.25, 0.3) is 0 Å². The summed E-state index contributed by atoms with van der Waals surface area (Å²) in [5.74, 6) is -1.72. The summed E-state index contributed by atoms with van der Waals surface area (Å²) in [4.78, 5) is 46.0. The van der Waals surface area contributed by atoms with Crippen molar-refractivity contribution >= 4 is 35.2 Å². The number of likely N-dealkylation sites (tertiary alicyclic amines) is 1. The van der Waals surface area contributed by atoms with Crippen LogP contribution in [0.4, 0.5) is 5.69 Å². The average molecular weight is 579 g/mol. The second kappa shape index (κ2) is 12.1. The van der Waals surface area contributed by atoms with Gasteiger partial charge in [-0.1, -0.05) is 48.5 Å². The number of morpholine rings is 1. The minimum absolute atomic E-state index is 0.0276. The molecule has 0 radical (unpaired) electrons. The molecule has 2 aromatic carbocycles. The van der Waals surface area contributed by atoms with Gasteiger partial charge in [0.1, 0.15) is 6.04 Å². The van der Waals surface area contributed by atoms with Crippen molar-refractivity contribution in [1.82, 2.24) is 15.1 Å². The molecule has 4 aliphatic heterocycles. The Morgan fingerprint density at radius 3 is 2.46 bits per heavy atom. The highest BCUT2D eigenvalue weighted by molar-refractivity contribution is 8.02. The highest BCUT2D eigenvalue weighted by Gasteiger charge is 2.74. The van der Waals surface area contributed by atoms with Crippen LogP contribution in [0, 0.1) is 11.8 Å². The van der Waals surface area contributed by atoms with E-state index in [9.17, 15) is 19.5 Å². The van der Waals surface area contributed by atoms with Crippen LogP contribution in [0.5, 0.6) is 0 Å². The molecule has 4 heterocycles. The van der Waals surface area contributed by atoms with E-state index in [0.717, 1.165) is 25.1 Å². The fraction of sp³-hybridized carbons (Fsp3) is 0.516. The number of para-hydroxylation sites is 1. The first-order valence-electron chi connectivity index (χ1n) is 14.6. The number of nitrogens with one attached hydrogen (secondary N) is 2. The molecular weight excluding hydrogens is 540 g/mol. The highest BCUT2D eigenvalue weighted by atomic mass is 32.2. The number of fused-ring (bicyclic) bond motifs is 1. The molecule has 0 aliphatic carbocycles. The van der Waals surface area contributed by atoms with Crippen molar-refractivity contribution in [3.63, 3.8) is 0 Å². The van der Waals surface area contributed by atoms with E-state index in [0.29, 0.717) is 44.8 Å². The summed E-state index contributed by atoms with van der Waals surface area (Å²) in [5.41, 5.74) is 1.67. The molecule has 3 amide bonds. The second-order valence-corrected chi connectivity index (χ2v) is 13.0. The van der Waals surface area contributed by atoms with Crippen LogP contribution in [0.25, 0.3) is 0 Å². The fourth-order valence-electron chi connectivity index (χ4n) is 7.23. The number of amides is 3. The van der Waals surface area contributed by atoms with Crippen LogP contribution in [0.1, 0.15) is 18.4 Å². The van der Waals surface area contributed by atoms with E-state index in [-0.39, 0.29) is 29.6 Å². The molecular formula is C31H38N4O5S. The van der Waals surface area contributed by atoms with E-state index < -0.39 is 28.7 Å². The average Bonchev–Trinajstić information content (AvgIpc) is 3.65. The molecule has 9 nitrogen and oxygen atoms in total. The zero-order chi connectivity index (χ0) is 28.4. The zero-order valence-corrected chi connectivity index (χ0v) is 23.9. The minimum atomic E-state index is -0.755. The van der Waals surface area contributed by atoms with Crippen LogP contribution in [-0.2, 0) is 25.5 Å². The quantitative estimate of drug-likeness (QED) is 0.394. The third-order valence-electron chi connectivity index (χ3n) is 9.08. The molecule has 10 heteroatoms. The van der Waals surface area contributed by atoms with Crippen molar-refractivity contribution in [2.75, 3.05) is 51.3 Å². The van der Waals surface area contributed by atoms with Gasteiger partial charge in [-0.2, -0.15) is 0 Å². The predicted octanol–water partition coefficient (Wildman–Crippen LogP) is 1.77. The number of benzene rings is 2. The molecule has 3 N–H and O–H groups in total. The standard InChI is InChI=1S/C31H38N4O5S/c36-20-23(19-21-7-3-1-4-8-21)35-27(29(38)32-13-14-34-15-17-40-18-16-34)31-12-11-24(41-31)25(26(31)30(35)39)28(37)33-22-9-5-2-6-10-22/h1-10,23-27,36H,11-20H2,(H,32,38)(H,33,37)/t23-,24-,25+,26+,27?,31?/m1/s1. The van der Waals surface area contributed by atoms with Gasteiger partial charge in [-0.15, -0.1) is 11.8 Å². The van der Waals surface area contributed by atoms with Crippen LogP contribution in [0.2, 0.25) is 0 Å². The van der Waals surface area contributed by atoms with E-state index in [1.54, 1.807) is 16.7 Å². The first kappa shape index (κ1) is 28.2. The molecule has 0 aromatic heterocycles. The predicted molar refractivity (Wildman–Crippen MR) is 157 cm³/mol. The summed E-state index contributed by atoms with van der Waals surface area (Å²) in [5, 5.41) is 16.7. The molecule has 218 valence electrons. The van der Waals surface area contributed by atoms with Crippen LogP contribution < -0.4 is 10.6 Å². The molecule has 4 fully saturated rings. The summed E-state index contributed by atoms with van der Waals surface area (Å²) in [6.45, 7) is 3.93. The van der Waals surface area contributed by atoms with Gasteiger partial charge in [-0.25, -0.2) is 0 Å². The van der Waals surface area contributed by atoms with Gasteiger partial charge in [-0.05, 0) is 37.0 Å². The normalized spacial score (nSPS) is 29.8. The molecule has 0 saturated carbocycles. The maximum absolute atomic E-state index is 14.4. The largest absolute Gasteiger partial charge is 0.394 e. The van der Waals surface area contributed by atoms with E-state index in [1.165, 1.54) is 0 Å². The molecule has 2 bridgehead atoms. The van der Waals surface area contributed by atoms with Crippen molar-refractivity contribution in [2.45, 2.75) is 41.3 Å². The van der Waals surface area contributed by atoms with Gasteiger partial charge in [0, 0.05) is 37.1 Å². The molecule has 6 rings (SSSR count). The molecule has 4 aliphatic rings. The van der Waals surface area contributed by atoms with Gasteiger partial charge in [-0.3, -0.25) is 19.3 Å². The summed E-state index contributed by atoms with van der Waals surface area (Å²) >= 11 is 1.64. The van der Waals surface area contributed by atoms with E-state index in [1.807, 2.05) is 60.7 Å². The first-order chi connectivity index (χ1) is 20.0. The van der Waals surface area contributed by atoms with E-state index >= 15 is 0 Å². The van der Waals surface area contributed by atoms with Gasteiger partial charge >= 0.3 is 0 Å². The Bertz CT molecular complexity index is 1240. The third-order valence-corrected chi connectivity index (χ3v) is 11.0. The van der Waals surface area contributed by atoms with Crippen LogP contribution in [0.15, 0.2) is 60.7 Å². The van der Waals surface area contributed by atoms with E-state index in [2.05, 4.69) is 15.5 Å². The Balaban J connectivity index is 1.28. The Hall–Kier alpha value is -2.92. The number of nitrogens with zero attached hydrogens (tertiary/aromatic N) is 2. The van der Waals surface area contributed by atoms with Crippen LogP contribution >= 0.6 is 11.8 Å². The number of hydrogen-bond donors (Lipinski definition) is 3. The SMILES string of the molecule is O=C(NCCN1CCOCC1)C1N([C@@H](CO)Cc2ccccc2)C(=O)[C@@H]2[C@@H](C(=O)Nc3ccccc3)[C@H]3CCC12S3. The number of hydrogen-bond acceptors (Lipinski definition) is 7. The fourth-order valence-corrected chi connectivity index (χ4v) is 9.43.